The first-order valence-electron chi connectivity index (χ1n) is 7.28. The van der Waals surface area contributed by atoms with Gasteiger partial charge in [0, 0.05) is 12.6 Å². The average Bonchev–Trinajstić information content (AvgIpc) is 2.79. The predicted octanol–water partition coefficient (Wildman–Crippen LogP) is 2.90. The highest BCUT2D eigenvalue weighted by Gasteiger charge is 2.44. The third kappa shape index (κ3) is 2.52. The van der Waals surface area contributed by atoms with E-state index >= 15 is 0 Å². The summed E-state index contributed by atoms with van der Waals surface area (Å²) in [6, 6.07) is 10.4. The van der Waals surface area contributed by atoms with E-state index < -0.39 is 5.97 Å². The predicted molar refractivity (Wildman–Crippen MR) is 73.8 cm³/mol. The second-order valence-corrected chi connectivity index (χ2v) is 5.86. The van der Waals surface area contributed by atoms with Crippen molar-refractivity contribution in [2.75, 3.05) is 0 Å². The second kappa shape index (κ2) is 5.33. The van der Waals surface area contributed by atoms with Crippen molar-refractivity contribution in [1.82, 2.24) is 4.90 Å². The molecule has 0 amide bonds. The molecule has 3 rings (SSSR count). The molecular weight excluding hydrogens is 238 g/mol. The first kappa shape index (κ1) is 12.7. The maximum Gasteiger partial charge on any atom is 0.320 e. The maximum atomic E-state index is 11.5. The van der Waals surface area contributed by atoms with Gasteiger partial charge >= 0.3 is 5.97 Å². The SMILES string of the molecule is O=C(O)C1C[C@H]2CCCC[C@@H]2N1Cc1ccccc1. The van der Waals surface area contributed by atoms with E-state index in [2.05, 4.69) is 17.0 Å². The number of hydrogen-bond acceptors (Lipinski definition) is 2. The molecule has 3 atom stereocenters. The number of aliphatic carboxylic acids is 1. The lowest BCUT2D eigenvalue weighted by atomic mass is 9.84. The van der Waals surface area contributed by atoms with Gasteiger partial charge in [-0.1, -0.05) is 43.2 Å². The van der Waals surface area contributed by atoms with Crippen LogP contribution in [0.1, 0.15) is 37.7 Å². The third-order valence-electron chi connectivity index (χ3n) is 4.71. The van der Waals surface area contributed by atoms with Crippen LogP contribution in [0.2, 0.25) is 0 Å². The molecule has 1 saturated heterocycles. The Balaban J connectivity index is 1.80. The molecule has 3 nitrogen and oxygen atoms in total. The first-order valence-corrected chi connectivity index (χ1v) is 7.28. The average molecular weight is 259 g/mol. The zero-order valence-electron chi connectivity index (χ0n) is 11.2. The van der Waals surface area contributed by atoms with Crippen LogP contribution in [0, 0.1) is 5.92 Å². The highest BCUT2D eigenvalue weighted by molar-refractivity contribution is 5.74. The van der Waals surface area contributed by atoms with Gasteiger partial charge in [0.15, 0.2) is 0 Å². The molecule has 1 N–H and O–H groups in total. The molecule has 1 unspecified atom stereocenters. The Bertz CT molecular complexity index is 445. The highest BCUT2D eigenvalue weighted by Crippen LogP contribution is 2.40. The van der Waals surface area contributed by atoms with E-state index in [9.17, 15) is 9.90 Å². The number of fused-ring (bicyclic) bond motifs is 1. The lowest BCUT2D eigenvalue weighted by molar-refractivity contribution is -0.142. The van der Waals surface area contributed by atoms with Crippen molar-refractivity contribution < 1.29 is 9.90 Å². The summed E-state index contributed by atoms with van der Waals surface area (Å²) in [6.07, 6.45) is 5.74. The Kier molecular flexibility index (Phi) is 3.56. The van der Waals surface area contributed by atoms with E-state index in [0.717, 1.165) is 13.0 Å². The molecule has 0 bridgehead atoms. The number of benzene rings is 1. The fourth-order valence-electron chi connectivity index (χ4n) is 3.82. The molecule has 19 heavy (non-hydrogen) atoms. The Labute approximate surface area is 114 Å². The molecule has 0 spiro atoms. The van der Waals surface area contributed by atoms with E-state index in [0.29, 0.717) is 12.0 Å². The Hall–Kier alpha value is -1.35. The lowest BCUT2D eigenvalue weighted by Gasteiger charge is -2.33. The zero-order chi connectivity index (χ0) is 13.2. The molecule has 2 fully saturated rings. The number of carbonyl (C=O) groups is 1. The summed E-state index contributed by atoms with van der Waals surface area (Å²) in [5, 5.41) is 9.47. The summed E-state index contributed by atoms with van der Waals surface area (Å²) in [4.78, 5) is 13.7. The molecule has 1 aliphatic heterocycles. The standard InChI is InChI=1S/C16H21NO2/c18-16(19)15-10-13-8-4-5-9-14(13)17(15)11-12-6-2-1-3-7-12/h1-3,6-7,13-15H,4-5,8-11H2,(H,18,19)/t13-,14+,15?/m1/s1. The van der Waals surface area contributed by atoms with Gasteiger partial charge in [-0.2, -0.15) is 0 Å². The third-order valence-corrected chi connectivity index (χ3v) is 4.71. The quantitative estimate of drug-likeness (QED) is 0.907. The minimum atomic E-state index is -0.648. The van der Waals surface area contributed by atoms with Crippen LogP contribution in [0.15, 0.2) is 30.3 Å². The summed E-state index contributed by atoms with van der Waals surface area (Å²) in [5.41, 5.74) is 1.22. The van der Waals surface area contributed by atoms with Crippen molar-refractivity contribution in [3.63, 3.8) is 0 Å². The Morgan fingerprint density at radius 1 is 1.21 bits per heavy atom. The van der Waals surface area contributed by atoms with E-state index in [1.54, 1.807) is 0 Å². The van der Waals surface area contributed by atoms with Gasteiger partial charge in [0.25, 0.3) is 0 Å². The molecule has 1 heterocycles. The largest absolute Gasteiger partial charge is 0.480 e. The molecule has 1 aromatic carbocycles. The van der Waals surface area contributed by atoms with Crippen LogP contribution >= 0.6 is 0 Å². The van der Waals surface area contributed by atoms with Crippen molar-refractivity contribution in [3.8, 4) is 0 Å². The molecule has 1 aromatic rings. The molecule has 0 aromatic heterocycles. The Morgan fingerprint density at radius 3 is 2.68 bits per heavy atom. The van der Waals surface area contributed by atoms with Crippen LogP contribution in [-0.4, -0.2) is 28.1 Å². The number of nitrogens with zero attached hydrogens (tertiary/aromatic N) is 1. The minimum Gasteiger partial charge on any atom is -0.480 e. The van der Waals surface area contributed by atoms with Crippen LogP contribution < -0.4 is 0 Å². The van der Waals surface area contributed by atoms with Crippen molar-refractivity contribution >= 4 is 5.97 Å². The van der Waals surface area contributed by atoms with Crippen LogP contribution in [0.25, 0.3) is 0 Å². The van der Waals surface area contributed by atoms with Crippen molar-refractivity contribution in [2.45, 2.75) is 50.7 Å². The van der Waals surface area contributed by atoms with Crippen LogP contribution in [0.3, 0.4) is 0 Å². The van der Waals surface area contributed by atoms with Gasteiger partial charge in [0.05, 0.1) is 0 Å². The fourth-order valence-corrected chi connectivity index (χ4v) is 3.82. The number of likely N-dealkylation sites (tertiary alicyclic amines) is 1. The molecule has 2 aliphatic rings. The monoisotopic (exact) mass is 259 g/mol. The molecule has 102 valence electrons. The lowest BCUT2D eigenvalue weighted by Crippen LogP contribution is -2.41. The van der Waals surface area contributed by atoms with Gasteiger partial charge in [-0.3, -0.25) is 9.69 Å². The summed E-state index contributed by atoms with van der Waals surface area (Å²) in [6.45, 7) is 0.777. The first-order chi connectivity index (χ1) is 9.25. The number of carboxylic acids is 1. The van der Waals surface area contributed by atoms with Crippen molar-refractivity contribution in [3.05, 3.63) is 35.9 Å². The minimum absolute atomic E-state index is 0.284. The molecular formula is C16H21NO2. The van der Waals surface area contributed by atoms with Gasteiger partial charge in [-0.05, 0) is 30.7 Å². The van der Waals surface area contributed by atoms with Crippen LogP contribution in [0.4, 0.5) is 0 Å². The topological polar surface area (TPSA) is 40.5 Å². The Morgan fingerprint density at radius 2 is 1.95 bits per heavy atom. The number of carboxylic acid groups (broad SMARTS) is 1. The van der Waals surface area contributed by atoms with Gasteiger partial charge < -0.3 is 5.11 Å². The van der Waals surface area contributed by atoms with Gasteiger partial charge in [-0.25, -0.2) is 0 Å². The van der Waals surface area contributed by atoms with Gasteiger partial charge in [0.2, 0.25) is 0 Å². The summed E-state index contributed by atoms with van der Waals surface area (Å²) < 4.78 is 0. The molecule has 3 heteroatoms. The van der Waals surface area contributed by atoms with E-state index in [1.807, 2.05) is 18.2 Å². The van der Waals surface area contributed by atoms with E-state index in [1.165, 1.54) is 31.2 Å². The zero-order valence-corrected chi connectivity index (χ0v) is 11.2. The summed E-state index contributed by atoms with van der Waals surface area (Å²) in [7, 11) is 0. The fraction of sp³-hybridized carbons (Fsp3) is 0.562. The van der Waals surface area contributed by atoms with E-state index in [-0.39, 0.29) is 6.04 Å². The highest BCUT2D eigenvalue weighted by atomic mass is 16.4. The van der Waals surface area contributed by atoms with Gasteiger partial charge in [0.1, 0.15) is 6.04 Å². The summed E-state index contributed by atoms with van der Waals surface area (Å²) >= 11 is 0. The van der Waals surface area contributed by atoms with E-state index in [4.69, 9.17) is 0 Å². The van der Waals surface area contributed by atoms with Crippen LogP contribution in [0.5, 0.6) is 0 Å². The number of rotatable bonds is 3. The second-order valence-electron chi connectivity index (χ2n) is 5.86. The molecule has 0 radical (unpaired) electrons. The molecule has 1 aliphatic carbocycles. The van der Waals surface area contributed by atoms with Crippen molar-refractivity contribution in [2.24, 2.45) is 5.92 Å². The number of hydrogen-bond donors (Lipinski definition) is 1. The smallest absolute Gasteiger partial charge is 0.320 e. The maximum absolute atomic E-state index is 11.5. The van der Waals surface area contributed by atoms with Crippen molar-refractivity contribution in [1.29, 1.82) is 0 Å². The molecule has 1 saturated carbocycles. The van der Waals surface area contributed by atoms with Crippen LogP contribution in [-0.2, 0) is 11.3 Å². The summed E-state index contributed by atoms with van der Waals surface area (Å²) in [5.74, 6) is -0.0520. The van der Waals surface area contributed by atoms with Gasteiger partial charge in [-0.15, -0.1) is 0 Å². The normalized spacial score (nSPS) is 31.1.